The van der Waals surface area contributed by atoms with E-state index in [0.717, 1.165) is 0 Å². The van der Waals surface area contributed by atoms with Gasteiger partial charge in [0.15, 0.2) is 5.82 Å². The fourth-order valence-electron chi connectivity index (χ4n) is 1.63. The van der Waals surface area contributed by atoms with Crippen LogP contribution in [-0.2, 0) is 13.5 Å². The number of pyridine rings is 1. The van der Waals surface area contributed by atoms with Crippen LogP contribution in [0.5, 0.6) is 0 Å². The number of anilines is 1. The molecule has 0 fully saturated rings. The molecule has 0 radical (unpaired) electrons. The van der Waals surface area contributed by atoms with Crippen LogP contribution >= 0.6 is 11.6 Å². The van der Waals surface area contributed by atoms with Gasteiger partial charge in [0.2, 0.25) is 0 Å². The van der Waals surface area contributed by atoms with Gasteiger partial charge in [-0.25, -0.2) is 9.97 Å². The number of rotatable bonds is 5. The van der Waals surface area contributed by atoms with E-state index < -0.39 is 0 Å². The lowest BCUT2D eigenvalue weighted by Crippen LogP contribution is -2.26. The standard InChI is InChI=1S/C12H15ClN6O/c1-14-11-5-8(9(13)6-16-11)12(20)15-4-3-10-17-7-19(2)18-10/h5-7H,3-4H2,1-2H3,(H,14,16)(H,15,20). The second kappa shape index (κ2) is 6.33. The second-order valence-electron chi connectivity index (χ2n) is 4.14. The summed E-state index contributed by atoms with van der Waals surface area (Å²) >= 11 is 5.97. The van der Waals surface area contributed by atoms with E-state index >= 15 is 0 Å². The van der Waals surface area contributed by atoms with Crippen molar-refractivity contribution in [3.8, 4) is 0 Å². The number of amides is 1. The molecule has 106 valence electrons. The predicted octanol–water partition coefficient (Wildman–Crippen LogP) is 0.878. The number of aryl methyl sites for hydroxylation is 1. The van der Waals surface area contributed by atoms with Crippen LogP contribution in [0.25, 0.3) is 0 Å². The van der Waals surface area contributed by atoms with Crippen molar-refractivity contribution in [3.05, 3.63) is 35.0 Å². The van der Waals surface area contributed by atoms with Gasteiger partial charge in [0.05, 0.1) is 10.6 Å². The molecule has 0 aromatic carbocycles. The van der Waals surface area contributed by atoms with Crippen molar-refractivity contribution in [2.45, 2.75) is 6.42 Å². The van der Waals surface area contributed by atoms with Crippen molar-refractivity contribution in [1.29, 1.82) is 0 Å². The molecule has 2 heterocycles. The molecular weight excluding hydrogens is 280 g/mol. The summed E-state index contributed by atoms with van der Waals surface area (Å²) in [7, 11) is 3.52. The molecule has 0 atom stereocenters. The highest BCUT2D eigenvalue weighted by Gasteiger charge is 2.11. The third-order valence-electron chi connectivity index (χ3n) is 2.64. The van der Waals surface area contributed by atoms with Crippen LogP contribution in [0.4, 0.5) is 5.82 Å². The molecule has 2 N–H and O–H groups in total. The van der Waals surface area contributed by atoms with E-state index in [2.05, 4.69) is 25.7 Å². The Labute approximate surface area is 121 Å². The number of carbonyl (C=O) groups excluding carboxylic acids is 1. The maximum Gasteiger partial charge on any atom is 0.253 e. The van der Waals surface area contributed by atoms with Gasteiger partial charge >= 0.3 is 0 Å². The zero-order chi connectivity index (χ0) is 14.5. The number of hydrogen-bond acceptors (Lipinski definition) is 5. The lowest BCUT2D eigenvalue weighted by atomic mass is 10.2. The van der Waals surface area contributed by atoms with Gasteiger partial charge in [-0.1, -0.05) is 11.6 Å². The van der Waals surface area contributed by atoms with Gasteiger partial charge in [0.25, 0.3) is 5.91 Å². The van der Waals surface area contributed by atoms with Crippen molar-refractivity contribution in [1.82, 2.24) is 25.1 Å². The predicted molar refractivity (Wildman–Crippen MR) is 75.8 cm³/mol. The average Bonchev–Trinajstić information content (AvgIpc) is 2.85. The SMILES string of the molecule is CNc1cc(C(=O)NCCc2ncn(C)n2)c(Cl)cn1. The summed E-state index contributed by atoms with van der Waals surface area (Å²) in [5.74, 6) is 1.03. The van der Waals surface area contributed by atoms with Gasteiger partial charge in [0, 0.05) is 33.3 Å². The number of nitrogens with one attached hydrogen (secondary N) is 2. The average molecular weight is 295 g/mol. The van der Waals surface area contributed by atoms with Gasteiger partial charge < -0.3 is 10.6 Å². The minimum absolute atomic E-state index is 0.246. The van der Waals surface area contributed by atoms with E-state index in [4.69, 9.17) is 11.6 Å². The van der Waals surface area contributed by atoms with Crippen LogP contribution in [0.1, 0.15) is 16.2 Å². The Morgan fingerprint density at radius 1 is 1.45 bits per heavy atom. The first kappa shape index (κ1) is 14.3. The molecule has 2 aromatic heterocycles. The van der Waals surface area contributed by atoms with Gasteiger partial charge in [-0.15, -0.1) is 0 Å². The first-order valence-electron chi connectivity index (χ1n) is 6.06. The van der Waals surface area contributed by atoms with Crippen molar-refractivity contribution < 1.29 is 4.79 Å². The minimum atomic E-state index is -0.246. The van der Waals surface area contributed by atoms with E-state index in [9.17, 15) is 4.79 Å². The summed E-state index contributed by atoms with van der Waals surface area (Å²) in [4.78, 5) is 20.1. The monoisotopic (exact) mass is 294 g/mol. The van der Waals surface area contributed by atoms with Crippen molar-refractivity contribution in [3.63, 3.8) is 0 Å². The summed E-state index contributed by atoms with van der Waals surface area (Å²) in [5.41, 5.74) is 0.389. The van der Waals surface area contributed by atoms with E-state index in [-0.39, 0.29) is 5.91 Å². The number of hydrogen-bond donors (Lipinski definition) is 2. The first-order chi connectivity index (χ1) is 9.60. The Morgan fingerprint density at radius 3 is 2.90 bits per heavy atom. The summed E-state index contributed by atoms with van der Waals surface area (Å²) in [6, 6.07) is 1.61. The van der Waals surface area contributed by atoms with Crippen molar-refractivity contribution >= 4 is 23.3 Å². The Morgan fingerprint density at radius 2 is 2.25 bits per heavy atom. The number of aromatic nitrogens is 4. The Hall–Kier alpha value is -2.15. The summed E-state index contributed by atoms with van der Waals surface area (Å²) in [5, 5.41) is 10.1. The highest BCUT2D eigenvalue weighted by atomic mass is 35.5. The van der Waals surface area contributed by atoms with Crippen LogP contribution < -0.4 is 10.6 Å². The zero-order valence-electron chi connectivity index (χ0n) is 11.2. The largest absolute Gasteiger partial charge is 0.373 e. The molecule has 20 heavy (non-hydrogen) atoms. The molecule has 8 heteroatoms. The smallest absolute Gasteiger partial charge is 0.253 e. The van der Waals surface area contributed by atoms with E-state index in [1.807, 2.05) is 0 Å². The molecule has 0 saturated carbocycles. The lowest BCUT2D eigenvalue weighted by molar-refractivity contribution is 0.0954. The van der Waals surface area contributed by atoms with E-state index in [0.29, 0.717) is 35.2 Å². The minimum Gasteiger partial charge on any atom is -0.373 e. The van der Waals surface area contributed by atoms with Crippen LogP contribution in [0.3, 0.4) is 0 Å². The maximum absolute atomic E-state index is 12.0. The summed E-state index contributed by atoms with van der Waals surface area (Å²) < 4.78 is 1.62. The molecule has 0 bridgehead atoms. The Kier molecular flexibility index (Phi) is 4.52. The van der Waals surface area contributed by atoms with Crippen LogP contribution in [0, 0.1) is 0 Å². The fraction of sp³-hybridized carbons (Fsp3) is 0.333. The highest BCUT2D eigenvalue weighted by Crippen LogP contribution is 2.17. The normalized spacial score (nSPS) is 10.3. The highest BCUT2D eigenvalue weighted by molar-refractivity contribution is 6.33. The number of nitrogens with zero attached hydrogens (tertiary/aromatic N) is 4. The molecule has 7 nitrogen and oxygen atoms in total. The van der Waals surface area contributed by atoms with E-state index in [1.165, 1.54) is 6.20 Å². The third-order valence-corrected chi connectivity index (χ3v) is 2.94. The molecule has 2 rings (SSSR count). The molecule has 2 aromatic rings. The Bertz CT molecular complexity index is 612. The molecule has 0 aliphatic carbocycles. The second-order valence-corrected chi connectivity index (χ2v) is 4.55. The topological polar surface area (TPSA) is 84.7 Å². The zero-order valence-corrected chi connectivity index (χ0v) is 12.0. The van der Waals surface area contributed by atoms with Crippen LogP contribution in [-0.4, -0.2) is 39.2 Å². The molecular formula is C12H15ClN6O. The molecule has 0 unspecified atom stereocenters. The molecule has 0 aliphatic heterocycles. The molecule has 1 amide bonds. The van der Waals surface area contributed by atoms with Crippen LogP contribution in [0.2, 0.25) is 5.02 Å². The first-order valence-corrected chi connectivity index (χ1v) is 6.44. The number of carbonyl (C=O) groups is 1. The maximum atomic E-state index is 12.0. The third kappa shape index (κ3) is 3.45. The van der Waals surface area contributed by atoms with Gasteiger partial charge in [0.1, 0.15) is 12.1 Å². The van der Waals surface area contributed by atoms with Crippen molar-refractivity contribution in [2.24, 2.45) is 7.05 Å². The van der Waals surface area contributed by atoms with Gasteiger partial charge in [-0.3, -0.25) is 9.48 Å². The van der Waals surface area contributed by atoms with Gasteiger partial charge in [-0.2, -0.15) is 5.10 Å². The fourth-order valence-corrected chi connectivity index (χ4v) is 1.82. The summed E-state index contributed by atoms with van der Waals surface area (Å²) in [6.07, 6.45) is 3.63. The van der Waals surface area contributed by atoms with Gasteiger partial charge in [-0.05, 0) is 6.07 Å². The quantitative estimate of drug-likeness (QED) is 0.855. The van der Waals surface area contributed by atoms with Crippen molar-refractivity contribution in [2.75, 3.05) is 18.9 Å². The molecule has 0 saturated heterocycles. The molecule has 0 spiro atoms. The Balaban J connectivity index is 1.94. The number of halogens is 1. The van der Waals surface area contributed by atoms with E-state index in [1.54, 1.807) is 31.2 Å². The summed E-state index contributed by atoms with van der Waals surface area (Å²) in [6.45, 7) is 0.441. The van der Waals surface area contributed by atoms with Crippen LogP contribution in [0.15, 0.2) is 18.6 Å². The lowest BCUT2D eigenvalue weighted by Gasteiger charge is -2.07. The molecule has 0 aliphatic rings.